The van der Waals surface area contributed by atoms with Crippen LogP contribution < -0.4 is 4.74 Å². The van der Waals surface area contributed by atoms with Crippen LogP contribution in [0.3, 0.4) is 0 Å². The molecule has 0 N–H and O–H groups in total. The molecule has 2 fully saturated rings. The lowest BCUT2D eigenvalue weighted by Crippen LogP contribution is -2.50. The number of rotatable bonds is 0. The minimum Gasteiger partial charge on any atom is -0.487 e. The molecular formula is C16H21NO. The van der Waals surface area contributed by atoms with Crippen molar-refractivity contribution in [1.82, 2.24) is 4.90 Å². The van der Waals surface area contributed by atoms with E-state index in [-0.39, 0.29) is 5.60 Å². The maximum absolute atomic E-state index is 6.37. The van der Waals surface area contributed by atoms with Gasteiger partial charge in [-0.1, -0.05) is 17.7 Å². The lowest BCUT2D eigenvalue weighted by molar-refractivity contribution is 0.00195. The van der Waals surface area contributed by atoms with Crippen LogP contribution in [-0.2, 0) is 6.42 Å². The second kappa shape index (κ2) is 3.74. The molecule has 2 unspecified atom stereocenters. The molecule has 4 rings (SSSR count). The quantitative estimate of drug-likeness (QED) is 0.694. The Hall–Kier alpha value is -1.02. The van der Waals surface area contributed by atoms with Gasteiger partial charge in [-0.15, -0.1) is 0 Å². The molecule has 0 saturated carbocycles. The number of nitrogens with zero attached hydrogens (tertiary/aromatic N) is 1. The van der Waals surface area contributed by atoms with Gasteiger partial charge in [-0.05, 0) is 37.9 Å². The van der Waals surface area contributed by atoms with E-state index in [9.17, 15) is 0 Å². The van der Waals surface area contributed by atoms with E-state index in [1.807, 2.05) is 0 Å². The highest BCUT2D eigenvalue weighted by Gasteiger charge is 2.46. The van der Waals surface area contributed by atoms with E-state index in [1.165, 1.54) is 49.9 Å². The molecule has 1 aromatic rings. The van der Waals surface area contributed by atoms with Gasteiger partial charge in [-0.25, -0.2) is 0 Å². The Labute approximate surface area is 109 Å². The summed E-state index contributed by atoms with van der Waals surface area (Å²) in [5, 5.41) is 0. The highest BCUT2D eigenvalue weighted by molar-refractivity contribution is 5.42. The van der Waals surface area contributed by atoms with Crippen molar-refractivity contribution < 1.29 is 4.74 Å². The maximum atomic E-state index is 6.37. The predicted molar refractivity (Wildman–Crippen MR) is 72.1 cm³/mol. The van der Waals surface area contributed by atoms with Crippen LogP contribution in [0.15, 0.2) is 18.2 Å². The van der Waals surface area contributed by atoms with Crippen molar-refractivity contribution in [2.45, 2.75) is 50.7 Å². The Morgan fingerprint density at radius 2 is 2.28 bits per heavy atom. The van der Waals surface area contributed by atoms with Crippen molar-refractivity contribution in [3.05, 3.63) is 29.3 Å². The fourth-order valence-electron chi connectivity index (χ4n) is 4.12. The van der Waals surface area contributed by atoms with Gasteiger partial charge in [-0.2, -0.15) is 0 Å². The van der Waals surface area contributed by atoms with E-state index in [2.05, 4.69) is 30.0 Å². The first-order valence-corrected chi connectivity index (χ1v) is 7.27. The van der Waals surface area contributed by atoms with Crippen molar-refractivity contribution in [2.24, 2.45) is 0 Å². The highest BCUT2D eigenvalue weighted by atomic mass is 16.5. The lowest BCUT2D eigenvalue weighted by atomic mass is 9.83. The van der Waals surface area contributed by atoms with Crippen LogP contribution in [-0.4, -0.2) is 29.6 Å². The summed E-state index contributed by atoms with van der Waals surface area (Å²) in [7, 11) is 0. The third-order valence-corrected chi connectivity index (χ3v) is 5.02. The topological polar surface area (TPSA) is 12.5 Å². The van der Waals surface area contributed by atoms with Gasteiger partial charge < -0.3 is 9.64 Å². The summed E-state index contributed by atoms with van der Waals surface area (Å²) in [6, 6.07) is 7.43. The van der Waals surface area contributed by atoms with E-state index in [4.69, 9.17) is 4.74 Å². The van der Waals surface area contributed by atoms with E-state index >= 15 is 0 Å². The van der Waals surface area contributed by atoms with Gasteiger partial charge in [0.05, 0.1) is 0 Å². The van der Waals surface area contributed by atoms with Crippen LogP contribution in [0.4, 0.5) is 0 Å². The second-order valence-electron chi connectivity index (χ2n) is 6.36. The smallest absolute Gasteiger partial charge is 0.123 e. The number of hydrogen-bond donors (Lipinski definition) is 0. The van der Waals surface area contributed by atoms with Crippen LogP contribution in [0.5, 0.6) is 5.75 Å². The Balaban J connectivity index is 1.60. The number of hydrogen-bond acceptors (Lipinski definition) is 2. The molecule has 1 aromatic carbocycles. The normalized spacial score (nSPS) is 34.4. The number of ether oxygens (including phenoxy) is 1. The average molecular weight is 243 g/mol. The summed E-state index contributed by atoms with van der Waals surface area (Å²) < 4.78 is 6.37. The number of benzene rings is 1. The Bertz CT molecular complexity index is 484. The van der Waals surface area contributed by atoms with Gasteiger partial charge in [-0.3, -0.25) is 0 Å². The third kappa shape index (κ3) is 1.58. The zero-order valence-corrected chi connectivity index (χ0v) is 11.1. The molecule has 0 aromatic heterocycles. The zero-order chi connectivity index (χ0) is 12.2. The predicted octanol–water partition coefficient (Wildman–Crippen LogP) is 2.93. The molecule has 3 aliphatic heterocycles. The molecule has 3 heterocycles. The van der Waals surface area contributed by atoms with Crippen molar-refractivity contribution in [3.63, 3.8) is 0 Å². The standard InChI is InChI=1S/C16H21NO/c1-12-4-5-15-13(9-12)10-16(18-15)6-8-17-7-2-3-14(17)11-16/h4-5,9,14H,2-3,6-8,10-11H2,1H3. The fraction of sp³-hybridized carbons (Fsp3) is 0.625. The summed E-state index contributed by atoms with van der Waals surface area (Å²) >= 11 is 0. The summed E-state index contributed by atoms with van der Waals surface area (Å²) in [6.07, 6.45) is 6.33. The van der Waals surface area contributed by atoms with Crippen LogP contribution in [0.2, 0.25) is 0 Å². The molecule has 2 nitrogen and oxygen atoms in total. The van der Waals surface area contributed by atoms with E-state index in [1.54, 1.807) is 0 Å². The molecule has 0 radical (unpaired) electrons. The minimum atomic E-state index is 0.127. The average Bonchev–Trinajstić information content (AvgIpc) is 2.92. The van der Waals surface area contributed by atoms with Gasteiger partial charge in [0, 0.05) is 31.8 Å². The van der Waals surface area contributed by atoms with Crippen molar-refractivity contribution in [1.29, 1.82) is 0 Å². The molecule has 18 heavy (non-hydrogen) atoms. The molecule has 1 spiro atoms. The molecule has 96 valence electrons. The van der Waals surface area contributed by atoms with E-state index < -0.39 is 0 Å². The summed E-state index contributed by atoms with van der Waals surface area (Å²) in [6.45, 7) is 4.72. The molecule has 2 atom stereocenters. The second-order valence-corrected chi connectivity index (χ2v) is 6.36. The van der Waals surface area contributed by atoms with Gasteiger partial charge in [0.25, 0.3) is 0 Å². The number of piperidine rings is 1. The minimum absolute atomic E-state index is 0.127. The molecule has 2 saturated heterocycles. The van der Waals surface area contributed by atoms with Crippen LogP contribution >= 0.6 is 0 Å². The first kappa shape index (κ1) is 10.9. The first-order chi connectivity index (χ1) is 8.74. The fourth-order valence-corrected chi connectivity index (χ4v) is 4.12. The maximum Gasteiger partial charge on any atom is 0.123 e. The zero-order valence-electron chi connectivity index (χ0n) is 11.1. The third-order valence-electron chi connectivity index (χ3n) is 5.02. The van der Waals surface area contributed by atoms with Gasteiger partial charge in [0.15, 0.2) is 0 Å². The molecule has 0 bridgehead atoms. The highest BCUT2D eigenvalue weighted by Crippen LogP contribution is 2.44. The van der Waals surface area contributed by atoms with Crippen LogP contribution in [0.25, 0.3) is 0 Å². The molecule has 0 aliphatic carbocycles. The van der Waals surface area contributed by atoms with E-state index in [0.717, 1.165) is 18.2 Å². The van der Waals surface area contributed by atoms with Gasteiger partial charge in [0.1, 0.15) is 11.4 Å². The Kier molecular flexibility index (Phi) is 2.25. The number of fused-ring (bicyclic) bond motifs is 2. The first-order valence-electron chi connectivity index (χ1n) is 7.27. The van der Waals surface area contributed by atoms with Gasteiger partial charge >= 0.3 is 0 Å². The lowest BCUT2D eigenvalue weighted by Gasteiger charge is -2.41. The Morgan fingerprint density at radius 1 is 1.33 bits per heavy atom. The summed E-state index contributed by atoms with van der Waals surface area (Å²) in [5.41, 5.74) is 2.91. The largest absolute Gasteiger partial charge is 0.487 e. The van der Waals surface area contributed by atoms with Crippen molar-refractivity contribution in [2.75, 3.05) is 13.1 Å². The monoisotopic (exact) mass is 243 g/mol. The van der Waals surface area contributed by atoms with Crippen LogP contribution in [0.1, 0.15) is 36.8 Å². The molecular weight excluding hydrogens is 222 g/mol. The Morgan fingerprint density at radius 3 is 3.22 bits per heavy atom. The van der Waals surface area contributed by atoms with E-state index in [0.29, 0.717) is 0 Å². The summed E-state index contributed by atoms with van der Waals surface area (Å²) in [4.78, 5) is 2.67. The number of aryl methyl sites for hydroxylation is 1. The van der Waals surface area contributed by atoms with Crippen LogP contribution in [0, 0.1) is 6.92 Å². The van der Waals surface area contributed by atoms with Gasteiger partial charge in [0.2, 0.25) is 0 Å². The summed E-state index contributed by atoms with van der Waals surface area (Å²) in [5.74, 6) is 1.15. The molecule has 2 heteroatoms. The SMILES string of the molecule is Cc1ccc2c(c1)CC1(CCN3CCCC3C1)O2. The molecule has 0 amide bonds. The van der Waals surface area contributed by atoms with Crippen molar-refractivity contribution >= 4 is 0 Å². The van der Waals surface area contributed by atoms with Crippen molar-refractivity contribution in [3.8, 4) is 5.75 Å². The molecule has 3 aliphatic rings.